The zero-order chi connectivity index (χ0) is 25.2. The van der Waals surface area contributed by atoms with E-state index in [2.05, 4.69) is 0 Å². The molecule has 0 radical (unpaired) electrons. The number of piperazine rings is 1. The summed E-state index contributed by atoms with van der Waals surface area (Å²) in [5, 5.41) is 1.45. The molecule has 0 N–H and O–H groups in total. The first-order valence-corrected chi connectivity index (χ1v) is 11.3. The Hall–Kier alpha value is -3.41. The van der Waals surface area contributed by atoms with Crippen LogP contribution in [-0.4, -0.2) is 65.2 Å². The highest BCUT2D eigenvalue weighted by molar-refractivity contribution is 6.30. The Morgan fingerprint density at radius 2 is 1.57 bits per heavy atom. The Morgan fingerprint density at radius 1 is 0.943 bits per heavy atom. The molecular weight excluding hydrogens is 484 g/mol. The molecule has 0 saturated carbocycles. The highest BCUT2D eigenvalue weighted by Crippen LogP contribution is 2.44. The summed E-state index contributed by atoms with van der Waals surface area (Å²) in [7, 11) is 0. The zero-order valence-corrected chi connectivity index (χ0v) is 19.8. The van der Waals surface area contributed by atoms with Gasteiger partial charge in [-0.3, -0.25) is 0 Å². The number of esters is 3. The zero-order valence-electron chi connectivity index (χ0n) is 19.0. The van der Waals surface area contributed by atoms with E-state index in [1.165, 1.54) is 11.8 Å². The van der Waals surface area contributed by atoms with Gasteiger partial charge in [-0.2, -0.15) is 0 Å². The smallest absolute Gasteiger partial charge is 0.380 e. The van der Waals surface area contributed by atoms with E-state index in [1.807, 2.05) is 6.92 Å². The van der Waals surface area contributed by atoms with Crippen molar-refractivity contribution in [3.8, 4) is 5.75 Å². The summed E-state index contributed by atoms with van der Waals surface area (Å²) in [4.78, 5) is 56.7. The lowest BCUT2D eigenvalue weighted by Crippen LogP contribution is -2.78. The van der Waals surface area contributed by atoms with E-state index in [0.717, 1.165) is 35.8 Å². The van der Waals surface area contributed by atoms with Gasteiger partial charge in [-0.05, 0) is 24.6 Å². The van der Waals surface area contributed by atoms with Gasteiger partial charge in [-0.15, -0.1) is 0 Å². The number of hydrogen-bond donors (Lipinski definition) is 0. The molecule has 186 valence electrons. The van der Waals surface area contributed by atoms with E-state index in [9.17, 15) is 19.2 Å². The maximum Gasteiger partial charge on any atom is 0.380 e. The molecule has 3 heterocycles. The molecule has 1 atom stereocenters. The van der Waals surface area contributed by atoms with Crippen LogP contribution in [0.2, 0.25) is 5.02 Å². The quantitative estimate of drug-likeness (QED) is 0.544. The highest BCUT2D eigenvalue weighted by Gasteiger charge is 2.69. The monoisotopic (exact) mass is 506 g/mol. The van der Waals surface area contributed by atoms with Crippen molar-refractivity contribution in [1.82, 2.24) is 9.96 Å². The van der Waals surface area contributed by atoms with Crippen LogP contribution in [0.3, 0.4) is 0 Å². The van der Waals surface area contributed by atoms with Gasteiger partial charge in [0.1, 0.15) is 5.75 Å². The lowest BCUT2D eigenvalue weighted by Gasteiger charge is -2.55. The molecule has 4 rings (SSSR count). The van der Waals surface area contributed by atoms with Gasteiger partial charge >= 0.3 is 29.8 Å². The maximum atomic E-state index is 12.6. The van der Waals surface area contributed by atoms with Crippen LogP contribution in [-0.2, 0) is 44.8 Å². The number of ether oxygens (including phenoxy) is 4. The van der Waals surface area contributed by atoms with Gasteiger partial charge in [0.05, 0.1) is 13.2 Å². The number of carbonyl (C=O) groups excluding carboxylic acids is 4. The Labute approximate surface area is 205 Å². The number of benzene rings is 1. The minimum atomic E-state index is -2.34. The van der Waals surface area contributed by atoms with Gasteiger partial charge in [-0.25, -0.2) is 24.1 Å². The van der Waals surface area contributed by atoms with Gasteiger partial charge in [0.15, 0.2) is 0 Å². The van der Waals surface area contributed by atoms with Crippen LogP contribution in [0.4, 0.5) is 0 Å². The van der Waals surface area contributed by atoms with Crippen molar-refractivity contribution in [2.75, 3.05) is 19.7 Å². The van der Waals surface area contributed by atoms with Crippen molar-refractivity contribution < 1.29 is 43.0 Å². The molecule has 11 nitrogen and oxygen atoms in total. The standard InChI is InChI=1S/C23H23ClN2O9/c1-3-12-31-17-5-4-16(24)13-15(17)14-25-10-11-26-22(2,32-18(27)8-9-21(30)35-26)23(25)33-19(28)6-7-20(29)34-23/h4-9,13H,3,10-12,14H2,1-2H3/b9-8+/t22-/m0/s1. The molecule has 0 amide bonds. The summed E-state index contributed by atoms with van der Waals surface area (Å²) in [6.07, 6.45) is 4.31. The lowest BCUT2D eigenvalue weighted by atomic mass is 10.0. The number of rotatable bonds is 5. The van der Waals surface area contributed by atoms with Crippen molar-refractivity contribution in [2.24, 2.45) is 0 Å². The van der Waals surface area contributed by atoms with Crippen LogP contribution >= 0.6 is 11.6 Å². The second-order valence-electron chi connectivity index (χ2n) is 8.03. The van der Waals surface area contributed by atoms with E-state index in [1.54, 1.807) is 18.2 Å². The average molecular weight is 507 g/mol. The van der Waals surface area contributed by atoms with Gasteiger partial charge < -0.3 is 23.8 Å². The Bertz CT molecular complexity index is 1100. The molecule has 1 aromatic carbocycles. The maximum absolute atomic E-state index is 12.6. The first kappa shape index (κ1) is 24.7. The molecule has 0 unspecified atom stereocenters. The summed E-state index contributed by atoms with van der Waals surface area (Å²) in [5.74, 6) is -5.48. The number of fused-ring (bicyclic) bond motifs is 2. The highest BCUT2D eigenvalue weighted by atomic mass is 35.5. The van der Waals surface area contributed by atoms with Gasteiger partial charge in [0, 0.05) is 54.9 Å². The summed E-state index contributed by atoms with van der Waals surface area (Å²) >= 11 is 6.23. The fraction of sp³-hybridized carbons (Fsp3) is 0.391. The summed E-state index contributed by atoms with van der Waals surface area (Å²) < 4.78 is 22.7. The van der Waals surface area contributed by atoms with E-state index >= 15 is 0 Å². The second-order valence-corrected chi connectivity index (χ2v) is 8.47. The van der Waals surface area contributed by atoms with Crippen LogP contribution < -0.4 is 4.74 Å². The number of hydroxylamine groups is 2. The van der Waals surface area contributed by atoms with Crippen molar-refractivity contribution in [2.45, 2.75) is 38.4 Å². The summed E-state index contributed by atoms with van der Waals surface area (Å²) in [6, 6.07) is 5.04. The van der Waals surface area contributed by atoms with Gasteiger partial charge in [0.25, 0.3) is 5.72 Å². The van der Waals surface area contributed by atoms with Gasteiger partial charge in [0.2, 0.25) is 0 Å². The molecule has 1 aromatic rings. The molecule has 3 aliphatic heterocycles. The van der Waals surface area contributed by atoms with E-state index in [-0.39, 0.29) is 19.6 Å². The molecule has 0 aliphatic carbocycles. The number of hydrogen-bond acceptors (Lipinski definition) is 11. The molecule has 3 aliphatic rings. The molecule has 1 spiro atoms. The van der Waals surface area contributed by atoms with E-state index in [4.69, 9.17) is 35.4 Å². The molecule has 1 fully saturated rings. The normalized spacial score (nSPS) is 25.3. The topological polar surface area (TPSA) is 121 Å². The molecule has 0 bridgehead atoms. The summed E-state index contributed by atoms with van der Waals surface area (Å²) in [6.45, 7) is 3.80. The predicted octanol–water partition coefficient (Wildman–Crippen LogP) is 1.84. The second kappa shape index (κ2) is 9.68. The average Bonchev–Trinajstić information content (AvgIpc) is 2.95. The van der Waals surface area contributed by atoms with Crippen LogP contribution in [0.5, 0.6) is 5.75 Å². The Balaban J connectivity index is 1.82. The SMILES string of the molecule is CCCOc1ccc(Cl)cc1CN1CCN2OC(=O)/C=C/C(=O)O[C@@]2(C)C12OC(=O)C=CC(=O)O2. The van der Waals surface area contributed by atoms with Gasteiger partial charge in [-0.1, -0.05) is 23.6 Å². The third-order valence-electron chi connectivity index (χ3n) is 5.59. The fourth-order valence-corrected chi connectivity index (χ4v) is 4.20. The van der Waals surface area contributed by atoms with Crippen molar-refractivity contribution in [3.05, 3.63) is 53.1 Å². The molecule has 12 heteroatoms. The molecule has 35 heavy (non-hydrogen) atoms. The largest absolute Gasteiger partial charge is 0.493 e. The third kappa shape index (κ3) is 4.75. The van der Waals surface area contributed by atoms with Crippen LogP contribution in [0.1, 0.15) is 25.8 Å². The molecular formula is C23H23ClN2O9. The van der Waals surface area contributed by atoms with Crippen molar-refractivity contribution in [3.63, 3.8) is 0 Å². The van der Waals surface area contributed by atoms with E-state index in [0.29, 0.717) is 22.9 Å². The lowest BCUT2D eigenvalue weighted by molar-refractivity contribution is -0.439. The predicted molar refractivity (Wildman–Crippen MR) is 118 cm³/mol. The van der Waals surface area contributed by atoms with E-state index < -0.39 is 35.5 Å². The first-order valence-electron chi connectivity index (χ1n) is 10.9. The van der Waals surface area contributed by atoms with Crippen LogP contribution in [0.15, 0.2) is 42.5 Å². The molecule has 1 saturated heterocycles. The van der Waals surface area contributed by atoms with Crippen LogP contribution in [0.25, 0.3) is 0 Å². The van der Waals surface area contributed by atoms with Crippen LogP contribution in [0, 0.1) is 0 Å². The Morgan fingerprint density at radius 3 is 2.23 bits per heavy atom. The van der Waals surface area contributed by atoms with Crippen molar-refractivity contribution in [1.29, 1.82) is 0 Å². The fourth-order valence-electron chi connectivity index (χ4n) is 4.01. The number of halogens is 1. The minimum absolute atomic E-state index is 0.00489. The summed E-state index contributed by atoms with van der Waals surface area (Å²) in [5.41, 5.74) is -1.48. The minimum Gasteiger partial charge on any atom is -0.493 e. The number of nitrogens with zero attached hydrogens (tertiary/aromatic N) is 2. The number of carbonyl (C=O) groups is 4. The first-order chi connectivity index (χ1) is 16.7. The third-order valence-corrected chi connectivity index (χ3v) is 5.82. The van der Waals surface area contributed by atoms with Crippen molar-refractivity contribution >= 4 is 35.5 Å². The molecule has 0 aromatic heterocycles. The Kier molecular flexibility index (Phi) is 6.84.